The molecule has 3 rings (SSSR count). The molecule has 1 unspecified atom stereocenters. The van der Waals surface area contributed by atoms with E-state index in [4.69, 9.17) is 0 Å². The van der Waals surface area contributed by atoms with Gasteiger partial charge < -0.3 is 4.90 Å². The highest BCUT2D eigenvalue weighted by Gasteiger charge is 2.39. The van der Waals surface area contributed by atoms with E-state index in [0.717, 1.165) is 44.3 Å². The van der Waals surface area contributed by atoms with Crippen LogP contribution in [0.3, 0.4) is 0 Å². The molecule has 1 saturated heterocycles. The zero-order valence-corrected chi connectivity index (χ0v) is 15.9. The van der Waals surface area contributed by atoms with E-state index < -0.39 is 27.0 Å². The quantitative estimate of drug-likeness (QED) is 0.724. The Balaban J connectivity index is 1.62. The fourth-order valence-electron chi connectivity index (χ4n) is 4.01. The fraction of sp³-hybridized carbons (Fsp3) is 0.722. The summed E-state index contributed by atoms with van der Waals surface area (Å²) in [6, 6.07) is 0. The summed E-state index contributed by atoms with van der Waals surface area (Å²) in [7, 11) is -3.88. The highest BCUT2D eigenvalue weighted by atomic mass is 32.2. The van der Waals surface area contributed by atoms with E-state index in [0.29, 0.717) is 13.1 Å². The second-order valence-electron chi connectivity index (χ2n) is 7.40. The monoisotopic (exact) mass is 406 g/mol. The molecule has 3 aliphatic rings. The number of carbonyl (C=O) groups excluding carboxylic acids is 1. The molecule has 0 aromatic carbocycles. The Morgan fingerprint density at radius 1 is 1.04 bits per heavy atom. The molecule has 1 amide bonds. The number of rotatable bonds is 3. The Hall–Kier alpha value is -1.35. The van der Waals surface area contributed by atoms with Crippen molar-refractivity contribution in [3.63, 3.8) is 0 Å². The molecule has 1 atom stereocenters. The van der Waals surface area contributed by atoms with Crippen molar-refractivity contribution < 1.29 is 26.4 Å². The standard InChI is InChI=1S/C18H25F3N2O3S/c19-18(20,21)15-7-4-8-16(13-15)27(25,26)23-11-9-22(10-12-23)17(24)14-5-2-1-3-6-14/h4,7,13-14,16H,1-3,5-6,8-12H2. The maximum absolute atomic E-state index is 12.9. The largest absolute Gasteiger partial charge is 0.416 e. The smallest absolute Gasteiger partial charge is 0.340 e. The first-order valence-corrected chi connectivity index (χ1v) is 10.9. The van der Waals surface area contributed by atoms with Gasteiger partial charge >= 0.3 is 6.18 Å². The molecule has 0 aromatic heterocycles. The van der Waals surface area contributed by atoms with Crippen LogP contribution in [0.2, 0.25) is 0 Å². The maximum Gasteiger partial charge on any atom is 0.416 e. The van der Waals surface area contributed by atoms with Gasteiger partial charge in [-0.1, -0.05) is 37.5 Å². The summed E-state index contributed by atoms with van der Waals surface area (Å²) in [5.74, 6) is 0.120. The van der Waals surface area contributed by atoms with Crippen molar-refractivity contribution in [1.82, 2.24) is 9.21 Å². The molecule has 1 heterocycles. The Morgan fingerprint density at radius 3 is 2.26 bits per heavy atom. The predicted octanol–water partition coefficient (Wildman–Crippen LogP) is 2.86. The van der Waals surface area contributed by atoms with Gasteiger partial charge in [-0.25, -0.2) is 8.42 Å². The minimum Gasteiger partial charge on any atom is -0.340 e. The molecule has 27 heavy (non-hydrogen) atoms. The lowest BCUT2D eigenvalue weighted by molar-refractivity contribution is -0.137. The molecule has 0 bridgehead atoms. The first-order valence-electron chi connectivity index (χ1n) is 9.43. The number of hydrogen-bond donors (Lipinski definition) is 0. The molecule has 152 valence electrons. The van der Waals surface area contributed by atoms with E-state index in [9.17, 15) is 26.4 Å². The maximum atomic E-state index is 12.9. The molecular weight excluding hydrogens is 381 g/mol. The lowest BCUT2D eigenvalue weighted by Crippen LogP contribution is -2.53. The third kappa shape index (κ3) is 4.56. The molecule has 9 heteroatoms. The van der Waals surface area contributed by atoms with Crippen LogP contribution in [-0.2, 0) is 14.8 Å². The van der Waals surface area contributed by atoms with Crippen molar-refractivity contribution in [1.29, 1.82) is 0 Å². The molecule has 0 aromatic rings. The van der Waals surface area contributed by atoms with Gasteiger partial charge in [0.05, 0.1) is 10.8 Å². The third-order valence-electron chi connectivity index (χ3n) is 5.61. The molecular formula is C18H25F3N2O3S. The predicted molar refractivity (Wildman–Crippen MR) is 95.3 cm³/mol. The van der Waals surface area contributed by atoms with Gasteiger partial charge in [0.2, 0.25) is 15.9 Å². The molecule has 2 aliphatic carbocycles. The number of amides is 1. The van der Waals surface area contributed by atoms with Crippen molar-refractivity contribution in [2.45, 2.75) is 50.0 Å². The van der Waals surface area contributed by atoms with Crippen molar-refractivity contribution in [2.24, 2.45) is 5.92 Å². The fourth-order valence-corrected chi connectivity index (χ4v) is 5.74. The summed E-state index contributed by atoms with van der Waals surface area (Å²) < 4.78 is 65.4. The molecule has 1 saturated carbocycles. The van der Waals surface area contributed by atoms with Crippen molar-refractivity contribution >= 4 is 15.9 Å². The second kappa shape index (κ2) is 7.95. The van der Waals surface area contributed by atoms with Crippen molar-refractivity contribution in [3.8, 4) is 0 Å². The van der Waals surface area contributed by atoms with E-state index >= 15 is 0 Å². The van der Waals surface area contributed by atoms with Crippen LogP contribution in [0.15, 0.2) is 23.8 Å². The van der Waals surface area contributed by atoms with Gasteiger partial charge in [0, 0.05) is 32.1 Å². The van der Waals surface area contributed by atoms with Crippen LogP contribution >= 0.6 is 0 Å². The van der Waals surface area contributed by atoms with Crippen LogP contribution < -0.4 is 0 Å². The second-order valence-corrected chi connectivity index (χ2v) is 9.55. The third-order valence-corrected chi connectivity index (χ3v) is 7.78. The van der Waals surface area contributed by atoms with Gasteiger partial charge in [-0.05, 0) is 19.3 Å². The van der Waals surface area contributed by atoms with Gasteiger partial charge in [-0.15, -0.1) is 0 Å². The van der Waals surface area contributed by atoms with E-state index in [2.05, 4.69) is 0 Å². The molecule has 0 spiro atoms. The minimum atomic E-state index is -4.56. The number of sulfonamides is 1. The van der Waals surface area contributed by atoms with Gasteiger partial charge in [-0.2, -0.15) is 17.5 Å². The summed E-state index contributed by atoms with van der Waals surface area (Å²) in [6.07, 6.45) is 3.47. The lowest BCUT2D eigenvalue weighted by atomic mass is 9.88. The van der Waals surface area contributed by atoms with Crippen LogP contribution in [0, 0.1) is 5.92 Å². The Labute approximate surface area is 157 Å². The van der Waals surface area contributed by atoms with Crippen molar-refractivity contribution in [3.05, 3.63) is 23.8 Å². The van der Waals surface area contributed by atoms with Crippen LogP contribution in [0.5, 0.6) is 0 Å². The molecule has 5 nitrogen and oxygen atoms in total. The Kier molecular flexibility index (Phi) is 6.00. The van der Waals surface area contributed by atoms with Gasteiger partial charge in [0.25, 0.3) is 0 Å². The van der Waals surface area contributed by atoms with Crippen LogP contribution in [0.1, 0.15) is 38.5 Å². The SMILES string of the molecule is O=C(C1CCCCC1)N1CCN(S(=O)(=O)C2C=C(C(F)(F)F)C=CC2)CC1. The summed E-state index contributed by atoms with van der Waals surface area (Å²) >= 11 is 0. The number of piperazine rings is 1. The van der Waals surface area contributed by atoms with Crippen LogP contribution in [0.25, 0.3) is 0 Å². The summed E-state index contributed by atoms with van der Waals surface area (Å²) in [5, 5.41) is -1.21. The first-order chi connectivity index (χ1) is 12.7. The molecule has 2 fully saturated rings. The number of hydrogen-bond acceptors (Lipinski definition) is 3. The highest BCUT2D eigenvalue weighted by Crippen LogP contribution is 2.32. The van der Waals surface area contributed by atoms with Crippen molar-refractivity contribution in [2.75, 3.05) is 26.2 Å². The van der Waals surface area contributed by atoms with E-state index in [1.165, 1.54) is 10.4 Å². The average Bonchev–Trinajstić information content (AvgIpc) is 2.67. The molecule has 0 radical (unpaired) electrons. The Bertz CT molecular complexity index is 717. The number of alkyl halides is 3. The number of nitrogens with zero attached hydrogens (tertiary/aromatic N) is 2. The van der Waals surface area contributed by atoms with E-state index in [1.54, 1.807) is 4.90 Å². The normalized spacial score (nSPS) is 26.1. The van der Waals surface area contributed by atoms with Crippen LogP contribution in [-0.4, -0.2) is 61.1 Å². The van der Waals surface area contributed by atoms with E-state index in [1.807, 2.05) is 0 Å². The van der Waals surface area contributed by atoms with E-state index in [-0.39, 0.29) is 31.3 Å². The summed E-state index contributed by atoms with van der Waals surface area (Å²) in [4.78, 5) is 14.3. The van der Waals surface area contributed by atoms with Crippen LogP contribution in [0.4, 0.5) is 13.2 Å². The summed E-state index contributed by atoms with van der Waals surface area (Å²) in [6.45, 7) is 0.867. The number of halogens is 3. The number of allylic oxidation sites excluding steroid dienone is 3. The first kappa shape index (κ1) is 20.4. The lowest BCUT2D eigenvalue weighted by Gasteiger charge is -2.37. The van der Waals surface area contributed by atoms with Gasteiger partial charge in [0.15, 0.2) is 0 Å². The topological polar surface area (TPSA) is 57.7 Å². The number of carbonyl (C=O) groups is 1. The summed E-state index contributed by atoms with van der Waals surface area (Å²) in [5.41, 5.74) is -0.923. The van der Waals surface area contributed by atoms with Gasteiger partial charge in [0.1, 0.15) is 0 Å². The average molecular weight is 406 g/mol. The molecule has 1 aliphatic heterocycles. The highest BCUT2D eigenvalue weighted by molar-refractivity contribution is 7.89. The minimum absolute atomic E-state index is 0.0302. The zero-order chi connectivity index (χ0) is 19.7. The zero-order valence-electron chi connectivity index (χ0n) is 15.1. The Morgan fingerprint density at radius 2 is 1.67 bits per heavy atom. The van der Waals surface area contributed by atoms with Gasteiger partial charge in [-0.3, -0.25) is 4.79 Å². The molecule has 0 N–H and O–H groups in total.